The Labute approximate surface area is 143 Å². The maximum atomic E-state index is 12.7. The molecule has 0 N–H and O–H groups in total. The Kier molecular flexibility index (Phi) is 5.62. The van der Waals surface area contributed by atoms with Gasteiger partial charge in [-0.1, -0.05) is 25.2 Å². The molecule has 0 amide bonds. The third kappa shape index (κ3) is 4.13. The van der Waals surface area contributed by atoms with Crippen LogP contribution in [0.25, 0.3) is 0 Å². The van der Waals surface area contributed by atoms with Crippen molar-refractivity contribution in [2.45, 2.75) is 46.5 Å². The minimum Gasteiger partial charge on any atom is -0.465 e. The summed E-state index contributed by atoms with van der Waals surface area (Å²) in [5.74, 6) is -0.293. The number of carbonyl (C=O) groups excluding carboxylic acids is 3. The van der Waals surface area contributed by atoms with Gasteiger partial charge in [-0.2, -0.15) is 0 Å². The minimum atomic E-state index is -0.394. The third-order valence-corrected chi connectivity index (χ3v) is 5.25. The molecule has 2 aliphatic carbocycles. The molecule has 1 fully saturated rings. The molecule has 24 heavy (non-hydrogen) atoms. The lowest BCUT2D eigenvalue weighted by Gasteiger charge is -2.53. The van der Waals surface area contributed by atoms with Crippen LogP contribution in [0.1, 0.15) is 46.5 Å². The van der Waals surface area contributed by atoms with Gasteiger partial charge in [0.2, 0.25) is 0 Å². The summed E-state index contributed by atoms with van der Waals surface area (Å²) < 4.78 is 10.2. The first-order valence-corrected chi connectivity index (χ1v) is 8.39. The van der Waals surface area contributed by atoms with E-state index in [1.165, 1.54) is 13.8 Å². The Morgan fingerprint density at radius 1 is 1.29 bits per heavy atom. The van der Waals surface area contributed by atoms with E-state index in [4.69, 9.17) is 9.47 Å². The molecule has 2 aliphatic rings. The van der Waals surface area contributed by atoms with E-state index in [-0.39, 0.29) is 35.6 Å². The lowest BCUT2D eigenvalue weighted by Crippen LogP contribution is -2.50. The fourth-order valence-electron chi connectivity index (χ4n) is 3.75. The molecule has 0 saturated heterocycles. The van der Waals surface area contributed by atoms with E-state index in [9.17, 15) is 14.4 Å². The number of hydrogen-bond donors (Lipinski definition) is 0. The van der Waals surface area contributed by atoms with Crippen molar-refractivity contribution in [3.8, 4) is 0 Å². The topological polar surface area (TPSA) is 69.7 Å². The van der Waals surface area contributed by atoms with Gasteiger partial charge in [-0.15, -0.1) is 0 Å². The zero-order valence-corrected chi connectivity index (χ0v) is 14.7. The number of carbonyl (C=O) groups is 3. The summed E-state index contributed by atoms with van der Waals surface area (Å²) in [5, 5.41) is 0. The van der Waals surface area contributed by atoms with Gasteiger partial charge in [0.15, 0.2) is 5.78 Å². The van der Waals surface area contributed by atoms with E-state index in [0.717, 1.165) is 24.8 Å². The van der Waals surface area contributed by atoms with Crippen LogP contribution < -0.4 is 0 Å². The Hall–Kier alpha value is -1.91. The van der Waals surface area contributed by atoms with Crippen molar-refractivity contribution in [2.75, 3.05) is 13.2 Å². The van der Waals surface area contributed by atoms with Crippen molar-refractivity contribution in [3.05, 3.63) is 23.8 Å². The average Bonchev–Trinajstić information content (AvgIpc) is 2.54. The lowest BCUT2D eigenvalue weighted by molar-refractivity contribution is -0.153. The molecule has 0 unspecified atom stereocenters. The van der Waals surface area contributed by atoms with Gasteiger partial charge in [0.1, 0.15) is 6.61 Å². The molecule has 3 atom stereocenters. The molecule has 0 radical (unpaired) electrons. The Balaban J connectivity index is 2.13. The van der Waals surface area contributed by atoms with Crippen LogP contribution in [0, 0.1) is 17.3 Å². The SMILES string of the molecule is C=C1CC/C=C(/COC(C)=O)C(=O)C[C@@H]2[C@@H]1C[C@]2(C)COC(C)=O. The van der Waals surface area contributed by atoms with E-state index < -0.39 is 5.97 Å². The molecule has 0 aromatic carbocycles. The molecule has 132 valence electrons. The summed E-state index contributed by atoms with van der Waals surface area (Å²) in [7, 11) is 0. The molecule has 0 aromatic rings. The Morgan fingerprint density at radius 2 is 1.96 bits per heavy atom. The molecule has 1 saturated carbocycles. The van der Waals surface area contributed by atoms with Crippen LogP contribution in [0.2, 0.25) is 0 Å². The van der Waals surface area contributed by atoms with Crippen LogP contribution in [-0.2, 0) is 23.9 Å². The normalized spacial score (nSPS) is 32.2. The predicted molar refractivity (Wildman–Crippen MR) is 89.1 cm³/mol. The van der Waals surface area contributed by atoms with E-state index in [1.807, 2.05) is 6.08 Å². The molecular weight excluding hydrogens is 308 g/mol. The lowest BCUT2D eigenvalue weighted by atomic mass is 9.51. The highest BCUT2D eigenvalue weighted by Crippen LogP contribution is 2.56. The van der Waals surface area contributed by atoms with Crippen molar-refractivity contribution >= 4 is 17.7 Å². The van der Waals surface area contributed by atoms with E-state index >= 15 is 0 Å². The number of fused-ring (bicyclic) bond motifs is 1. The highest BCUT2D eigenvalue weighted by Gasteiger charge is 2.52. The standard InChI is InChI=1S/C19H26O5/c1-12-6-5-7-15(10-23-13(2)20)18(22)8-17-16(12)9-19(17,4)11-24-14(3)21/h7,16-17H,1,5-6,8-11H2,2-4H3/b15-7-/t16-,17-,19-/m1/s1. The molecule has 0 aromatic heterocycles. The van der Waals surface area contributed by atoms with E-state index in [2.05, 4.69) is 13.5 Å². The molecular formula is C19H26O5. The second-order valence-corrected chi connectivity index (χ2v) is 7.19. The number of esters is 2. The smallest absolute Gasteiger partial charge is 0.302 e. The van der Waals surface area contributed by atoms with Gasteiger partial charge in [-0.3, -0.25) is 14.4 Å². The molecule has 2 rings (SSSR count). The number of ketones is 1. The first-order valence-electron chi connectivity index (χ1n) is 8.39. The van der Waals surface area contributed by atoms with Crippen LogP contribution in [-0.4, -0.2) is 30.9 Å². The molecule has 0 spiro atoms. The predicted octanol–water partition coefficient (Wildman–Crippen LogP) is 2.99. The highest BCUT2D eigenvalue weighted by molar-refractivity contribution is 5.96. The van der Waals surface area contributed by atoms with Gasteiger partial charge >= 0.3 is 11.9 Å². The van der Waals surface area contributed by atoms with Gasteiger partial charge in [0.05, 0.1) is 6.61 Å². The Morgan fingerprint density at radius 3 is 2.58 bits per heavy atom. The first-order chi connectivity index (χ1) is 11.2. The first kappa shape index (κ1) is 18.4. The molecule has 0 aliphatic heterocycles. The van der Waals surface area contributed by atoms with Crippen molar-refractivity contribution in [2.24, 2.45) is 17.3 Å². The third-order valence-electron chi connectivity index (χ3n) is 5.25. The van der Waals surface area contributed by atoms with Crippen molar-refractivity contribution in [1.29, 1.82) is 0 Å². The molecule has 5 nitrogen and oxygen atoms in total. The number of ether oxygens (including phenoxy) is 2. The Bertz CT molecular complexity index is 589. The van der Waals surface area contributed by atoms with Gasteiger partial charge in [-0.05, 0) is 31.1 Å². The number of Topliss-reactive ketones (excluding diaryl/α,β-unsaturated/α-hetero) is 1. The zero-order chi connectivity index (χ0) is 17.9. The molecule has 5 heteroatoms. The van der Waals surface area contributed by atoms with Crippen molar-refractivity contribution in [1.82, 2.24) is 0 Å². The summed E-state index contributed by atoms with van der Waals surface area (Å²) in [6.07, 6.45) is 4.67. The van der Waals surface area contributed by atoms with Crippen LogP contribution >= 0.6 is 0 Å². The van der Waals surface area contributed by atoms with Crippen LogP contribution in [0.4, 0.5) is 0 Å². The largest absolute Gasteiger partial charge is 0.465 e. The van der Waals surface area contributed by atoms with Gasteiger partial charge in [0, 0.05) is 31.3 Å². The number of allylic oxidation sites excluding steroid dienone is 2. The quantitative estimate of drug-likeness (QED) is 0.584. The summed E-state index contributed by atoms with van der Waals surface area (Å²) >= 11 is 0. The fourth-order valence-corrected chi connectivity index (χ4v) is 3.75. The molecule has 0 bridgehead atoms. The van der Waals surface area contributed by atoms with Gasteiger partial charge in [-0.25, -0.2) is 0 Å². The zero-order valence-electron chi connectivity index (χ0n) is 14.7. The highest BCUT2D eigenvalue weighted by atomic mass is 16.5. The second-order valence-electron chi connectivity index (χ2n) is 7.19. The maximum absolute atomic E-state index is 12.7. The van der Waals surface area contributed by atoms with E-state index in [1.54, 1.807) is 0 Å². The van der Waals surface area contributed by atoms with Crippen LogP contribution in [0.5, 0.6) is 0 Å². The van der Waals surface area contributed by atoms with Gasteiger partial charge < -0.3 is 9.47 Å². The maximum Gasteiger partial charge on any atom is 0.302 e. The summed E-state index contributed by atoms with van der Waals surface area (Å²) in [5.41, 5.74) is 1.50. The van der Waals surface area contributed by atoms with Crippen molar-refractivity contribution in [3.63, 3.8) is 0 Å². The fraction of sp³-hybridized carbons (Fsp3) is 0.632. The minimum absolute atomic E-state index is 0.00898. The second kappa shape index (κ2) is 7.32. The monoisotopic (exact) mass is 334 g/mol. The average molecular weight is 334 g/mol. The summed E-state index contributed by atoms with van der Waals surface area (Å²) in [4.78, 5) is 34.8. The summed E-state index contributed by atoms with van der Waals surface area (Å²) in [6.45, 7) is 9.33. The summed E-state index contributed by atoms with van der Waals surface area (Å²) in [6, 6.07) is 0. The molecule has 0 heterocycles. The number of rotatable bonds is 4. The van der Waals surface area contributed by atoms with Crippen LogP contribution in [0.3, 0.4) is 0 Å². The van der Waals surface area contributed by atoms with E-state index in [0.29, 0.717) is 18.6 Å². The number of hydrogen-bond acceptors (Lipinski definition) is 5. The van der Waals surface area contributed by atoms with Crippen molar-refractivity contribution < 1.29 is 23.9 Å². The van der Waals surface area contributed by atoms with Gasteiger partial charge in [0.25, 0.3) is 0 Å². The van der Waals surface area contributed by atoms with Crippen LogP contribution in [0.15, 0.2) is 23.8 Å².